The molecule has 2 aromatic heterocycles. The van der Waals surface area contributed by atoms with Crippen molar-refractivity contribution >= 4 is 39.2 Å². The number of hydrogen-bond donors (Lipinski definition) is 1. The van der Waals surface area contributed by atoms with Crippen LogP contribution in [0, 0.1) is 6.92 Å². The third kappa shape index (κ3) is 7.29. The van der Waals surface area contributed by atoms with Crippen molar-refractivity contribution in [3.05, 3.63) is 93.1 Å². The largest absolute Gasteiger partial charge is 0.356 e. The van der Waals surface area contributed by atoms with E-state index in [-0.39, 0.29) is 11.5 Å². The first-order valence-electron chi connectivity index (χ1n) is 12.1. The maximum absolute atomic E-state index is 13.1. The number of rotatable bonds is 12. The molecule has 0 atom stereocenters. The van der Waals surface area contributed by atoms with Gasteiger partial charge in [0.25, 0.3) is 5.56 Å². The maximum atomic E-state index is 13.1. The Hall–Kier alpha value is -2.90. The smallest absolute Gasteiger partial charge is 0.272 e. The van der Waals surface area contributed by atoms with Crippen LogP contribution in [0.3, 0.4) is 0 Å². The number of aryl methyl sites for hydroxylation is 1. The van der Waals surface area contributed by atoms with E-state index in [0.29, 0.717) is 24.2 Å². The summed E-state index contributed by atoms with van der Waals surface area (Å²) in [5, 5.41) is 5.69. The normalized spacial score (nSPS) is 11.1. The van der Waals surface area contributed by atoms with Gasteiger partial charge in [0.15, 0.2) is 5.16 Å². The molecule has 0 aliphatic rings. The van der Waals surface area contributed by atoms with E-state index in [2.05, 4.69) is 48.6 Å². The molecule has 0 aliphatic carbocycles. The second-order valence-electron chi connectivity index (χ2n) is 8.66. The Kier molecular flexibility index (Phi) is 9.15. The Bertz CT molecular complexity index is 1300. The van der Waals surface area contributed by atoms with Crippen LogP contribution in [0.5, 0.6) is 0 Å². The molecule has 5 nitrogen and oxygen atoms in total. The number of unbranched alkanes of at least 4 members (excludes halogenated alkanes) is 2. The molecule has 4 aromatic rings. The number of carbonyl (C=O) groups is 1. The summed E-state index contributed by atoms with van der Waals surface area (Å²) in [5.41, 5.74) is 4.49. The van der Waals surface area contributed by atoms with Crippen LogP contribution < -0.4 is 10.9 Å². The van der Waals surface area contributed by atoms with Crippen LogP contribution in [0.4, 0.5) is 0 Å². The predicted octanol–water partition coefficient (Wildman–Crippen LogP) is 5.98. The van der Waals surface area contributed by atoms with Crippen molar-refractivity contribution in [3.63, 3.8) is 0 Å². The summed E-state index contributed by atoms with van der Waals surface area (Å²) in [4.78, 5) is 30.1. The minimum Gasteiger partial charge on any atom is -0.356 e. The first-order valence-corrected chi connectivity index (χ1v) is 13.9. The standard InChI is InChI=1S/C28H31N3O2S2/c1-21-11-13-23(14-12-21)20-35-28-30-24-16-19-34-26(24)27(33)31(28)18-7-3-6-10-25(32)29-17-15-22-8-4-2-5-9-22/h2,4-5,8-9,11-14,16,19H,3,6-7,10,15,17-18,20H2,1H3,(H,29,32). The summed E-state index contributed by atoms with van der Waals surface area (Å²) in [6, 6.07) is 20.5. The molecule has 4 rings (SSSR count). The Morgan fingerprint density at radius 1 is 1.00 bits per heavy atom. The van der Waals surface area contributed by atoms with E-state index in [0.717, 1.165) is 42.1 Å². The highest BCUT2D eigenvalue weighted by Gasteiger charge is 2.13. The van der Waals surface area contributed by atoms with Crippen molar-refractivity contribution in [3.8, 4) is 0 Å². The van der Waals surface area contributed by atoms with Gasteiger partial charge in [0.2, 0.25) is 5.91 Å². The van der Waals surface area contributed by atoms with E-state index in [1.807, 2.05) is 34.2 Å². The van der Waals surface area contributed by atoms with Gasteiger partial charge in [-0.15, -0.1) is 11.3 Å². The zero-order valence-corrected chi connectivity index (χ0v) is 21.7. The van der Waals surface area contributed by atoms with Crippen LogP contribution >= 0.6 is 23.1 Å². The zero-order valence-electron chi connectivity index (χ0n) is 20.0. The molecule has 1 N–H and O–H groups in total. The highest BCUT2D eigenvalue weighted by Crippen LogP contribution is 2.24. The third-order valence-electron chi connectivity index (χ3n) is 5.88. The topological polar surface area (TPSA) is 64.0 Å². The Balaban J connectivity index is 1.27. The van der Waals surface area contributed by atoms with Crippen molar-refractivity contribution in [2.24, 2.45) is 0 Å². The molecule has 2 heterocycles. The van der Waals surface area contributed by atoms with Crippen LogP contribution in [0.15, 0.2) is 76.0 Å². The first kappa shape index (κ1) is 25.2. The van der Waals surface area contributed by atoms with Crippen molar-refractivity contribution in [2.45, 2.75) is 56.5 Å². The van der Waals surface area contributed by atoms with Crippen molar-refractivity contribution in [1.82, 2.24) is 14.9 Å². The van der Waals surface area contributed by atoms with Crippen LogP contribution in [-0.2, 0) is 23.5 Å². The number of thioether (sulfide) groups is 1. The number of hydrogen-bond acceptors (Lipinski definition) is 5. The Morgan fingerprint density at radius 2 is 1.80 bits per heavy atom. The molecule has 1 amide bonds. The lowest BCUT2D eigenvalue weighted by Gasteiger charge is -2.12. The third-order valence-corrected chi connectivity index (χ3v) is 7.82. The van der Waals surface area contributed by atoms with Crippen molar-refractivity contribution < 1.29 is 4.79 Å². The highest BCUT2D eigenvalue weighted by atomic mass is 32.2. The lowest BCUT2D eigenvalue weighted by molar-refractivity contribution is -0.121. The second-order valence-corrected chi connectivity index (χ2v) is 10.5. The monoisotopic (exact) mass is 505 g/mol. The van der Waals surface area contributed by atoms with E-state index in [1.165, 1.54) is 28.0 Å². The fourth-order valence-electron chi connectivity index (χ4n) is 3.87. The molecule has 0 fully saturated rings. The van der Waals surface area contributed by atoms with Gasteiger partial charge in [0, 0.05) is 25.3 Å². The summed E-state index contributed by atoms with van der Waals surface area (Å²) in [5.74, 6) is 0.861. The minimum atomic E-state index is 0.0371. The van der Waals surface area contributed by atoms with Crippen LogP contribution in [0.25, 0.3) is 10.2 Å². The second kappa shape index (κ2) is 12.7. The summed E-state index contributed by atoms with van der Waals surface area (Å²) >= 11 is 3.06. The molecule has 0 saturated carbocycles. The predicted molar refractivity (Wildman–Crippen MR) is 146 cm³/mol. The number of amides is 1. The lowest BCUT2D eigenvalue weighted by atomic mass is 10.1. The lowest BCUT2D eigenvalue weighted by Crippen LogP contribution is -2.25. The van der Waals surface area contributed by atoms with E-state index in [1.54, 1.807) is 11.8 Å². The molecule has 0 spiro atoms. The average molecular weight is 506 g/mol. The van der Waals surface area contributed by atoms with Crippen molar-refractivity contribution in [1.29, 1.82) is 0 Å². The summed E-state index contributed by atoms with van der Waals surface area (Å²) in [6.45, 7) is 3.35. The quantitative estimate of drug-likeness (QED) is 0.146. The van der Waals surface area contributed by atoms with Gasteiger partial charge < -0.3 is 5.32 Å². The molecule has 0 unspecified atom stereocenters. The van der Waals surface area contributed by atoms with Gasteiger partial charge in [-0.3, -0.25) is 14.2 Å². The van der Waals surface area contributed by atoms with Gasteiger partial charge in [0.05, 0.1) is 5.52 Å². The number of benzene rings is 2. The van der Waals surface area contributed by atoms with Crippen molar-refractivity contribution in [2.75, 3.05) is 6.54 Å². The van der Waals surface area contributed by atoms with Crippen LogP contribution in [-0.4, -0.2) is 22.0 Å². The number of carbonyl (C=O) groups excluding carboxylic acids is 1. The Labute approximate surface area is 214 Å². The summed E-state index contributed by atoms with van der Waals surface area (Å²) in [7, 11) is 0. The molecule has 35 heavy (non-hydrogen) atoms. The fraction of sp³-hybridized carbons (Fsp3) is 0.321. The Morgan fingerprint density at radius 3 is 2.60 bits per heavy atom. The van der Waals surface area contributed by atoms with Crippen LogP contribution in [0.2, 0.25) is 0 Å². The van der Waals surface area contributed by atoms with E-state index in [4.69, 9.17) is 4.98 Å². The molecular weight excluding hydrogens is 474 g/mol. The van der Waals surface area contributed by atoms with Crippen LogP contribution in [0.1, 0.15) is 42.4 Å². The van der Waals surface area contributed by atoms with Gasteiger partial charge in [-0.05, 0) is 48.8 Å². The molecule has 0 saturated heterocycles. The molecule has 0 bridgehead atoms. The number of thiophene rings is 1. The molecule has 182 valence electrons. The molecule has 0 radical (unpaired) electrons. The number of fused-ring (bicyclic) bond motifs is 1. The first-order chi connectivity index (χ1) is 17.1. The van der Waals surface area contributed by atoms with Gasteiger partial charge >= 0.3 is 0 Å². The van der Waals surface area contributed by atoms with Gasteiger partial charge in [-0.2, -0.15) is 0 Å². The SMILES string of the molecule is Cc1ccc(CSc2nc3ccsc3c(=O)n2CCCCCC(=O)NCCc2ccccc2)cc1. The maximum Gasteiger partial charge on any atom is 0.272 e. The van der Waals surface area contributed by atoms with E-state index in [9.17, 15) is 9.59 Å². The highest BCUT2D eigenvalue weighted by molar-refractivity contribution is 7.98. The van der Waals surface area contributed by atoms with Gasteiger partial charge in [0.1, 0.15) is 4.70 Å². The number of nitrogens with one attached hydrogen (secondary N) is 1. The molecule has 7 heteroatoms. The minimum absolute atomic E-state index is 0.0371. The molecule has 2 aromatic carbocycles. The number of aromatic nitrogens is 2. The van der Waals surface area contributed by atoms with E-state index >= 15 is 0 Å². The van der Waals surface area contributed by atoms with Gasteiger partial charge in [-0.25, -0.2) is 4.98 Å². The molecule has 0 aliphatic heterocycles. The fourth-order valence-corrected chi connectivity index (χ4v) is 5.63. The summed E-state index contributed by atoms with van der Waals surface area (Å²) in [6.07, 6.45) is 3.90. The summed E-state index contributed by atoms with van der Waals surface area (Å²) < 4.78 is 2.53. The molecular formula is C28H31N3O2S2. The van der Waals surface area contributed by atoms with E-state index < -0.39 is 0 Å². The van der Waals surface area contributed by atoms with Gasteiger partial charge in [-0.1, -0.05) is 78.3 Å². The zero-order chi connectivity index (χ0) is 24.5. The average Bonchev–Trinajstić information content (AvgIpc) is 3.34. The number of nitrogens with zero attached hydrogens (tertiary/aromatic N) is 2.